The van der Waals surface area contributed by atoms with E-state index in [1.54, 1.807) is 0 Å². The smallest absolute Gasteiger partial charge is 0.333 e. The van der Waals surface area contributed by atoms with E-state index in [0.29, 0.717) is 74.0 Å². The van der Waals surface area contributed by atoms with Gasteiger partial charge in [0.1, 0.15) is 0 Å². The summed E-state index contributed by atoms with van der Waals surface area (Å²) in [5, 5.41) is -10.7. The van der Waals surface area contributed by atoms with Crippen molar-refractivity contribution in [2.45, 2.75) is 111 Å². The van der Waals surface area contributed by atoms with Crippen molar-refractivity contribution in [1.29, 1.82) is 0 Å². The Labute approximate surface area is 292 Å². The van der Waals surface area contributed by atoms with E-state index in [1.807, 2.05) is 0 Å². The molecule has 4 aliphatic rings. The van der Waals surface area contributed by atoms with E-state index in [2.05, 4.69) is 0 Å². The van der Waals surface area contributed by atoms with Crippen molar-refractivity contribution < 1.29 is 87.2 Å². The van der Waals surface area contributed by atoms with E-state index in [1.165, 1.54) is 0 Å². The van der Waals surface area contributed by atoms with Gasteiger partial charge in [-0.2, -0.15) is 43.9 Å². The topological polar surface area (TPSA) is 201 Å². The molecule has 2 N–H and O–H groups in total. The highest BCUT2D eigenvalue weighted by Crippen LogP contribution is 2.40. The minimum absolute atomic E-state index is 0.0732. The van der Waals surface area contributed by atoms with E-state index in [0.717, 1.165) is 12.8 Å². The summed E-state index contributed by atoms with van der Waals surface area (Å²) < 4.78 is 220. The largest absolute Gasteiger partial charge is 0.512 e. The van der Waals surface area contributed by atoms with Crippen LogP contribution in [0.15, 0.2) is 0 Å². The van der Waals surface area contributed by atoms with Crippen LogP contribution < -0.4 is 8.25 Å². The Bertz CT molecular complexity index is 1660. The van der Waals surface area contributed by atoms with Crippen molar-refractivity contribution in [2.24, 2.45) is 11.8 Å². The Kier molecular flexibility index (Phi) is 13.0. The van der Waals surface area contributed by atoms with Gasteiger partial charge in [-0.1, -0.05) is 33.9 Å². The molecular formula is C24H34F10N4O10S4. The van der Waals surface area contributed by atoms with Crippen molar-refractivity contribution in [3.63, 3.8) is 0 Å². The summed E-state index contributed by atoms with van der Waals surface area (Å²) in [5.74, 6) is -4.60. The molecule has 0 bridgehead atoms. The van der Waals surface area contributed by atoms with Gasteiger partial charge in [-0.25, -0.2) is 33.7 Å². The summed E-state index contributed by atoms with van der Waals surface area (Å²) in [4.78, 5) is 25.6. The minimum Gasteiger partial charge on any atom is -0.333 e. The number of amides is 2. The van der Waals surface area contributed by atoms with Gasteiger partial charge in [0.2, 0.25) is 0 Å². The van der Waals surface area contributed by atoms with E-state index in [-0.39, 0.29) is 33.2 Å². The lowest BCUT2D eigenvalue weighted by molar-refractivity contribution is -0.154. The molecule has 52 heavy (non-hydrogen) atoms. The zero-order valence-electron chi connectivity index (χ0n) is 26.6. The number of rotatable bonds is 8. The van der Waals surface area contributed by atoms with E-state index in [4.69, 9.17) is 0 Å². The second kappa shape index (κ2) is 15.2. The Morgan fingerprint density at radius 1 is 0.442 bits per heavy atom. The average molecular weight is 857 g/mol. The van der Waals surface area contributed by atoms with Crippen LogP contribution in [0.4, 0.5) is 43.9 Å². The first kappa shape index (κ1) is 44.4. The third kappa shape index (κ3) is 9.07. The number of nitrogens with one attached hydrogen (secondary N) is 2. The highest BCUT2D eigenvalue weighted by atomic mass is 32.3. The maximum atomic E-state index is 14.2. The fourth-order valence-electron chi connectivity index (χ4n) is 6.81. The Morgan fingerprint density at radius 3 is 1.00 bits per heavy atom. The van der Waals surface area contributed by atoms with E-state index in [9.17, 15) is 87.2 Å². The molecule has 0 aromatic rings. The number of nitrogens with zero attached hydrogens (tertiary/aromatic N) is 2. The number of hydrogen-bond donors (Lipinski definition) is 2. The van der Waals surface area contributed by atoms with Gasteiger partial charge in [-0.15, -0.1) is 0 Å². The van der Waals surface area contributed by atoms with Gasteiger partial charge in [0, 0.05) is 25.2 Å². The molecule has 304 valence electrons. The summed E-state index contributed by atoms with van der Waals surface area (Å²) >= 11 is 0. The van der Waals surface area contributed by atoms with Gasteiger partial charge < -0.3 is 9.80 Å². The van der Waals surface area contributed by atoms with Crippen LogP contribution in [0.3, 0.4) is 0 Å². The molecule has 0 radical (unpaired) electrons. The Morgan fingerprint density at radius 2 is 0.712 bits per heavy atom. The fraction of sp³-hybridized carbons (Fsp3) is 0.917. The Balaban J connectivity index is 0.000000280. The molecule has 2 aliphatic carbocycles. The SMILES string of the molecule is O=C(N1CCCC2CCCCC21)C(F)(F)S(=O)(=O)NS(=O)(=O)C(F)(F)F.O=C(N1CCCC2CCCCC21)C(F)(F)S(=O)(=O)NS(=O)(=O)C(F)(F)F. The molecule has 0 spiro atoms. The molecule has 2 saturated carbocycles. The van der Waals surface area contributed by atoms with Gasteiger partial charge in [0.15, 0.2) is 0 Å². The van der Waals surface area contributed by atoms with Crippen LogP contribution in [0.25, 0.3) is 0 Å². The number of sulfonamides is 4. The first-order chi connectivity index (χ1) is 23.4. The van der Waals surface area contributed by atoms with Gasteiger partial charge >= 0.3 is 73.4 Å². The molecule has 0 aromatic heterocycles. The lowest BCUT2D eigenvalue weighted by Crippen LogP contribution is -2.59. The van der Waals surface area contributed by atoms with Gasteiger partial charge in [-0.05, 0) is 63.2 Å². The molecule has 14 nitrogen and oxygen atoms in total. The summed E-state index contributed by atoms with van der Waals surface area (Å²) in [6.45, 7) is -0.339. The van der Waals surface area contributed by atoms with Crippen LogP contribution in [0.1, 0.15) is 77.0 Å². The highest BCUT2D eigenvalue weighted by molar-refractivity contribution is 8.06. The minimum atomic E-state index is -6.61. The molecule has 2 aliphatic heterocycles. The summed E-state index contributed by atoms with van der Waals surface area (Å²) in [7, 11) is -26.2. The van der Waals surface area contributed by atoms with Crippen LogP contribution in [0.5, 0.6) is 0 Å². The molecule has 2 amide bonds. The van der Waals surface area contributed by atoms with Crippen molar-refractivity contribution in [2.75, 3.05) is 13.1 Å². The van der Waals surface area contributed by atoms with E-state index >= 15 is 0 Å². The summed E-state index contributed by atoms with van der Waals surface area (Å²) in [6.07, 6.45) is 7.10. The second-order valence-electron chi connectivity index (χ2n) is 12.6. The van der Waals surface area contributed by atoms with Crippen LogP contribution in [0.2, 0.25) is 0 Å². The maximum Gasteiger partial charge on any atom is 0.512 e. The number of halogens is 10. The summed E-state index contributed by atoms with van der Waals surface area (Å²) in [6, 6.07) is -1.27. The number of carbonyl (C=O) groups excluding carboxylic acids is 2. The predicted octanol–water partition coefficient (Wildman–Crippen LogP) is 3.06. The lowest BCUT2D eigenvalue weighted by Gasteiger charge is -2.44. The molecule has 4 atom stereocenters. The van der Waals surface area contributed by atoms with Crippen LogP contribution >= 0.6 is 0 Å². The molecule has 4 unspecified atom stereocenters. The number of alkyl halides is 10. The molecule has 4 rings (SSSR count). The lowest BCUT2D eigenvalue weighted by atomic mass is 9.78. The third-order valence-electron chi connectivity index (χ3n) is 9.23. The van der Waals surface area contributed by atoms with Crippen molar-refractivity contribution in [1.82, 2.24) is 18.1 Å². The third-order valence-corrected chi connectivity index (χ3v) is 15.7. The van der Waals surface area contributed by atoms with Crippen LogP contribution in [0, 0.1) is 11.8 Å². The maximum absolute atomic E-state index is 14.2. The number of fused-ring (bicyclic) bond motifs is 2. The monoisotopic (exact) mass is 856 g/mol. The zero-order valence-corrected chi connectivity index (χ0v) is 29.9. The van der Waals surface area contributed by atoms with Crippen molar-refractivity contribution in [3.05, 3.63) is 0 Å². The van der Waals surface area contributed by atoms with Gasteiger partial charge in [0.25, 0.3) is 0 Å². The van der Waals surface area contributed by atoms with Crippen LogP contribution in [-0.4, -0.2) is 102 Å². The number of carbonyl (C=O) groups is 2. The van der Waals surface area contributed by atoms with Gasteiger partial charge in [-0.3, -0.25) is 9.59 Å². The predicted molar refractivity (Wildman–Crippen MR) is 157 cm³/mol. The van der Waals surface area contributed by atoms with Crippen LogP contribution in [-0.2, 0) is 49.7 Å². The number of hydrogen-bond acceptors (Lipinski definition) is 10. The molecule has 0 aromatic carbocycles. The zero-order chi connectivity index (χ0) is 39.9. The molecule has 28 heteroatoms. The number of likely N-dealkylation sites (tertiary alicyclic amines) is 2. The quantitative estimate of drug-likeness (QED) is 0.342. The standard InChI is InChI=1S/2C12H17F5N2O5S2/c2*13-11(14,25(21,22)18-26(23,24)12(15,16)17)10(20)19-7-3-5-8-4-1-2-6-9(8)19/h2*8-9,18H,1-7H2. The fourth-order valence-corrected chi connectivity index (χ4v) is 11.4. The van der Waals surface area contributed by atoms with Gasteiger partial charge in [0.05, 0.1) is 0 Å². The van der Waals surface area contributed by atoms with Crippen molar-refractivity contribution >= 4 is 51.9 Å². The first-order valence-corrected chi connectivity index (χ1v) is 21.4. The summed E-state index contributed by atoms with van der Waals surface area (Å²) in [5.41, 5.74) is -12.3. The number of piperidine rings is 2. The first-order valence-electron chi connectivity index (χ1n) is 15.5. The molecule has 2 saturated heterocycles. The van der Waals surface area contributed by atoms with E-state index < -0.39 is 85.5 Å². The van der Waals surface area contributed by atoms with Crippen molar-refractivity contribution in [3.8, 4) is 0 Å². The molecular weight excluding hydrogens is 823 g/mol. The Hall–Kier alpha value is -2.04. The molecule has 2 heterocycles. The second-order valence-corrected chi connectivity index (χ2v) is 19.9. The average Bonchev–Trinajstić information content (AvgIpc) is 3.01. The normalized spacial score (nSPS) is 25.7. The molecule has 4 fully saturated rings. The highest BCUT2D eigenvalue weighted by Gasteiger charge is 2.62.